The number of alkyl halides is 3. The van der Waals surface area contributed by atoms with Crippen LogP contribution in [0.3, 0.4) is 0 Å². The number of hydrogen-bond acceptors (Lipinski definition) is 2. The molecule has 0 bridgehead atoms. The topological polar surface area (TPSA) is 33.2 Å². The molecule has 1 aliphatic rings. The molecular weight excluding hydrogens is 329 g/mol. The minimum Gasteiger partial charge on any atom is -0.334 e. The highest BCUT2D eigenvalue weighted by atomic mass is 19.4. The molecule has 0 radical (unpaired) electrons. The molecule has 1 amide bonds. The average Bonchev–Trinajstić information content (AvgIpc) is 3.10. The Labute approximate surface area is 144 Å². The van der Waals surface area contributed by atoms with E-state index in [1.165, 1.54) is 12.1 Å². The van der Waals surface area contributed by atoms with Gasteiger partial charge in [0.05, 0.1) is 17.7 Å². The highest BCUT2D eigenvalue weighted by Crippen LogP contribution is 2.39. The molecule has 0 aliphatic carbocycles. The van der Waals surface area contributed by atoms with E-state index in [0.717, 1.165) is 18.5 Å². The van der Waals surface area contributed by atoms with Crippen LogP contribution in [-0.2, 0) is 4.79 Å². The minimum atomic E-state index is -4.46. The van der Waals surface area contributed by atoms with Gasteiger partial charge >= 0.3 is 6.18 Å². The Morgan fingerprint density at radius 2 is 1.88 bits per heavy atom. The summed E-state index contributed by atoms with van der Waals surface area (Å²) in [5.41, 5.74) is 0.855. The zero-order valence-electron chi connectivity index (χ0n) is 13.6. The number of amides is 1. The van der Waals surface area contributed by atoms with Crippen molar-refractivity contribution in [2.24, 2.45) is 0 Å². The fourth-order valence-corrected chi connectivity index (χ4v) is 3.35. The number of carbonyl (C=O) groups excluding carboxylic acids is 1. The van der Waals surface area contributed by atoms with Crippen molar-refractivity contribution in [3.8, 4) is 0 Å². The number of nitrogens with zero attached hydrogens (tertiary/aromatic N) is 2. The van der Waals surface area contributed by atoms with E-state index in [2.05, 4.69) is 4.98 Å². The molecule has 2 heterocycles. The van der Waals surface area contributed by atoms with E-state index in [0.29, 0.717) is 6.54 Å². The number of likely N-dealkylation sites (tertiary alicyclic amines) is 1. The van der Waals surface area contributed by atoms with Crippen LogP contribution < -0.4 is 0 Å². The van der Waals surface area contributed by atoms with E-state index in [1.54, 1.807) is 35.4 Å². The number of halogens is 3. The second kappa shape index (κ2) is 7.25. The summed E-state index contributed by atoms with van der Waals surface area (Å²) >= 11 is 0. The average molecular weight is 348 g/mol. The lowest BCUT2D eigenvalue weighted by molar-refractivity contribution is -0.161. The molecule has 1 saturated heterocycles. The fourth-order valence-electron chi connectivity index (χ4n) is 3.35. The van der Waals surface area contributed by atoms with Crippen molar-refractivity contribution in [2.75, 3.05) is 6.54 Å². The Hall–Kier alpha value is -2.37. The maximum atomic E-state index is 13.5. The van der Waals surface area contributed by atoms with Crippen LogP contribution in [0.2, 0.25) is 0 Å². The molecule has 0 saturated carbocycles. The Balaban J connectivity index is 1.79. The van der Waals surface area contributed by atoms with Crippen LogP contribution in [0, 0.1) is 0 Å². The minimum absolute atomic E-state index is 0.122. The van der Waals surface area contributed by atoms with Crippen LogP contribution in [-0.4, -0.2) is 28.5 Å². The summed E-state index contributed by atoms with van der Waals surface area (Å²) in [6, 6.07) is 12.8. The molecule has 1 aliphatic heterocycles. The lowest BCUT2D eigenvalue weighted by atomic mass is 9.94. The van der Waals surface area contributed by atoms with Crippen molar-refractivity contribution < 1.29 is 18.0 Å². The third-order valence-corrected chi connectivity index (χ3v) is 4.58. The van der Waals surface area contributed by atoms with E-state index in [9.17, 15) is 18.0 Å². The molecule has 3 nitrogen and oxygen atoms in total. The van der Waals surface area contributed by atoms with Crippen molar-refractivity contribution in [2.45, 2.75) is 37.4 Å². The summed E-state index contributed by atoms with van der Waals surface area (Å²) in [4.78, 5) is 18.5. The Bertz CT molecular complexity index is 704. The monoisotopic (exact) mass is 348 g/mol. The van der Waals surface area contributed by atoms with Gasteiger partial charge in [0.15, 0.2) is 0 Å². The summed E-state index contributed by atoms with van der Waals surface area (Å²) in [6.07, 6.45) is -1.90. The maximum absolute atomic E-state index is 13.5. The van der Waals surface area contributed by atoms with Gasteiger partial charge in [-0.1, -0.05) is 36.4 Å². The molecule has 1 aromatic heterocycles. The summed E-state index contributed by atoms with van der Waals surface area (Å²) in [5.74, 6) is -2.26. The normalized spacial score (nSPS) is 19.0. The van der Waals surface area contributed by atoms with Gasteiger partial charge in [-0.25, -0.2) is 0 Å². The number of hydrogen-bond donors (Lipinski definition) is 0. The second-order valence-electron chi connectivity index (χ2n) is 6.21. The summed E-state index contributed by atoms with van der Waals surface area (Å²) in [6.45, 7) is 0.472. The van der Waals surface area contributed by atoms with Crippen molar-refractivity contribution in [1.82, 2.24) is 9.88 Å². The number of carbonyl (C=O) groups is 1. The molecule has 0 unspecified atom stereocenters. The van der Waals surface area contributed by atoms with E-state index in [-0.39, 0.29) is 11.6 Å². The molecular formula is C19H19F3N2O. The lowest BCUT2D eigenvalue weighted by Gasteiger charge is -2.27. The van der Waals surface area contributed by atoms with Crippen LogP contribution in [0.15, 0.2) is 54.7 Å². The van der Waals surface area contributed by atoms with E-state index in [1.807, 2.05) is 12.1 Å². The first-order valence-electron chi connectivity index (χ1n) is 8.29. The van der Waals surface area contributed by atoms with Crippen molar-refractivity contribution in [3.05, 3.63) is 66.0 Å². The molecule has 132 valence electrons. The summed E-state index contributed by atoms with van der Waals surface area (Å²) < 4.78 is 40.5. The molecule has 1 fully saturated rings. The van der Waals surface area contributed by atoms with Gasteiger partial charge < -0.3 is 4.90 Å². The zero-order chi connectivity index (χ0) is 17.9. The van der Waals surface area contributed by atoms with Gasteiger partial charge in [-0.15, -0.1) is 0 Å². The highest BCUT2D eigenvalue weighted by molar-refractivity contribution is 5.78. The molecule has 25 heavy (non-hydrogen) atoms. The highest BCUT2D eigenvalue weighted by Gasteiger charge is 2.43. The molecule has 0 spiro atoms. The first-order valence-corrected chi connectivity index (χ1v) is 8.29. The molecule has 1 aromatic carbocycles. The van der Waals surface area contributed by atoms with Crippen LogP contribution in [0.25, 0.3) is 0 Å². The standard InChI is InChI=1S/C19H19F3N2O/c20-19(21,22)15(14-7-2-1-3-8-14)13-18(25)24-12-6-10-17(24)16-9-4-5-11-23-16/h1-5,7-9,11,15,17H,6,10,12-13H2/t15-,17+/m1/s1. The first kappa shape index (κ1) is 17.5. The van der Waals surface area contributed by atoms with Gasteiger partial charge in [-0.05, 0) is 30.5 Å². The summed E-state index contributed by atoms with van der Waals surface area (Å²) in [7, 11) is 0. The SMILES string of the molecule is O=C(C[C@H](c1ccccc1)C(F)(F)F)N1CCC[C@H]1c1ccccn1. The molecule has 0 N–H and O–H groups in total. The van der Waals surface area contributed by atoms with Gasteiger partial charge in [0.2, 0.25) is 5.91 Å². The van der Waals surface area contributed by atoms with Crippen LogP contribution >= 0.6 is 0 Å². The smallest absolute Gasteiger partial charge is 0.334 e. The summed E-state index contributed by atoms with van der Waals surface area (Å²) in [5, 5.41) is 0. The quantitative estimate of drug-likeness (QED) is 0.816. The second-order valence-corrected chi connectivity index (χ2v) is 6.21. The predicted molar refractivity (Wildman–Crippen MR) is 87.8 cm³/mol. The van der Waals surface area contributed by atoms with Crippen molar-refractivity contribution >= 4 is 5.91 Å². The number of aromatic nitrogens is 1. The van der Waals surface area contributed by atoms with Crippen molar-refractivity contribution in [3.63, 3.8) is 0 Å². The maximum Gasteiger partial charge on any atom is 0.396 e. The van der Waals surface area contributed by atoms with E-state index in [4.69, 9.17) is 0 Å². The Morgan fingerprint density at radius 1 is 1.16 bits per heavy atom. The molecule has 2 atom stereocenters. The van der Waals surface area contributed by atoms with Gasteiger partial charge in [0.25, 0.3) is 0 Å². The fraction of sp³-hybridized carbons (Fsp3) is 0.368. The third kappa shape index (κ3) is 4.00. The number of rotatable bonds is 4. The predicted octanol–water partition coefficient (Wildman–Crippen LogP) is 4.48. The molecule has 6 heteroatoms. The third-order valence-electron chi connectivity index (χ3n) is 4.58. The Morgan fingerprint density at radius 3 is 2.52 bits per heavy atom. The number of benzene rings is 1. The van der Waals surface area contributed by atoms with Crippen LogP contribution in [0.4, 0.5) is 13.2 Å². The van der Waals surface area contributed by atoms with Gasteiger partial charge in [-0.2, -0.15) is 13.2 Å². The first-order chi connectivity index (χ1) is 12.0. The molecule has 2 aromatic rings. The van der Waals surface area contributed by atoms with E-state index < -0.39 is 24.4 Å². The van der Waals surface area contributed by atoms with E-state index >= 15 is 0 Å². The van der Waals surface area contributed by atoms with Gasteiger partial charge in [-0.3, -0.25) is 9.78 Å². The number of pyridine rings is 1. The largest absolute Gasteiger partial charge is 0.396 e. The Kier molecular flexibility index (Phi) is 5.06. The zero-order valence-corrected chi connectivity index (χ0v) is 13.6. The lowest BCUT2D eigenvalue weighted by Crippen LogP contribution is -2.34. The van der Waals surface area contributed by atoms with Crippen LogP contribution in [0.1, 0.15) is 42.5 Å². The van der Waals surface area contributed by atoms with Gasteiger partial charge in [0, 0.05) is 19.2 Å². The molecule has 3 rings (SSSR count). The van der Waals surface area contributed by atoms with Crippen LogP contribution in [0.5, 0.6) is 0 Å². The van der Waals surface area contributed by atoms with Gasteiger partial charge in [0.1, 0.15) is 0 Å². The van der Waals surface area contributed by atoms with Crippen molar-refractivity contribution in [1.29, 1.82) is 0 Å².